The van der Waals surface area contributed by atoms with Crippen LogP contribution in [0.4, 0.5) is 10.9 Å². The summed E-state index contributed by atoms with van der Waals surface area (Å²) in [6.45, 7) is 11.4. The van der Waals surface area contributed by atoms with E-state index in [4.69, 9.17) is 14.7 Å². The van der Waals surface area contributed by atoms with Crippen molar-refractivity contribution in [2.24, 2.45) is 5.92 Å². The minimum absolute atomic E-state index is 0.204. The molecule has 1 aliphatic rings. The van der Waals surface area contributed by atoms with Crippen LogP contribution < -0.4 is 10.1 Å². The van der Waals surface area contributed by atoms with Gasteiger partial charge in [0.05, 0.1) is 5.69 Å². The molecule has 0 amide bonds. The topological polar surface area (TPSA) is 63.2 Å². The minimum Gasteiger partial charge on any atom is -0.453 e. The van der Waals surface area contributed by atoms with Crippen molar-refractivity contribution in [2.45, 2.75) is 55.5 Å². The van der Waals surface area contributed by atoms with Crippen LogP contribution in [0.1, 0.15) is 45.7 Å². The summed E-state index contributed by atoms with van der Waals surface area (Å²) in [4.78, 5) is 17.7. The van der Waals surface area contributed by atoms with E-state index >= 15 is 0 Å². The molecule has 0 bridgehead atoms. The molecule has 192 valence electrons. The van der Waals surface area contributed by atoms with Gasteiger partial charge in [0.15, 0.2) is 16.7 Å². The number of aromatic nitrogens is 3. The zero-order valence-corrected chi connectivity index (χ0v) is 23.4. The maximum absolute atomic E-state index is 6.26. The number of nitrogens with zero attached hydrogens (tertiary/aromatic N) is 4. The normalized spacial score (nSPS) is 18.5. The van der Waals surface area contributed by atoms with Crippen LogP contribution in [0.3, 0.4) is 0 Å². The molecule has 2 unspecified atom stereocenters. The zero-order chi connectivity index (χ0) is 25.8. The van der Waals surface area contributed by atoms with Gasteiger partial charge < -0.3 is 10.1 Å². The van der Waals surface area contributed by atoms with Gasteiger partial charge in [0.1, 0.15) is 10.8 Å². The van der Waals surface area contributed by atoms with Gasteiger partial charge in [-0.25, -0.2) is 15.0 Å². The van der Waals surface area contributed by atoms with E-state index in [2.05, 4.69) is 48.3 Å². The summed E-state index contributed by atoms with van der Waals surface area (Å²) in [5, 5.41) is 7.36. The summed E-state index contributed by atoms with van der Waals surface area (Å²) >= 11 is 3.18. The van der Waals surface area contributed by atoms with Gasteiger partial charge in [0, 0.05) is 46.7 Å². The van der Waals surface area contributed by atoms with Gasteiger partial charge in [-0.1, -0.05) is 43.0 Å². The third kappa shape index (κ3) is 6.50. The fourth-order valence-corrected chi connectivity index (χ4v) is 6.15. The van der Waals surface area contributed by atoms with Gasteiger partial charge in [-0.3, -0.25) is 4.90 Å². The van der Waals surface area contributed by atoms with Crippen LogP contribution >= 0.6 is 23.1 Å². The van der Waals surface area contributed by atoms with Crippen molar-refractivity contribution >= 4 is 34.0 Å². The first-order valence-corrected chi connectivity index (χ1v) is 14.3. The number of likely N-dealkylation sites (tertiary alicyclic amines) is 1. The first-order chi connectivity index (χ1) is 17.8. The van der Waals surface area contributed by atoms with Gasteiger partial charge in [0.25, 0.3) is 0 Å². The number of ether oxygens (including phenoxy) is 1. The molecule has 8 heteroatoms. The number of piperidine rings is 1. The number of nitrogens with one attached hydrogen (secondary N) is 1. The van der Waals surface area contributed by atoms with Gasteiger partial charge in [-0.15, -0.1) is 11.3 Å². The predicted molar refractivity (Wildman–Crippen MR) is 152 cm³/mol. The highest BCUT2D eigenvalue weighted by molar-refractivity contribution is 7.99. The second kappa shape index (κ2) is 11.2. The highest BCUT2D eigenvalue weighted by atomic mass is 32.2. The average molecular weight is 532 g/mol. The van der Waals surface area contributed by atoms with Crippen LogP contribution in [0.25, 0.3) is 0 Å². The van der Waals surface area contributed by atoms with Crippen molar-refractivity contribution in [1.29, 1.82) is 0 Å². The summed E-state index contributed by atoms with van der Waals surface area (Å²) in [6, 6.07) is 17.7. The molecule has 1 saturated heterocycles. The quantitative estimate of drug-likeness (QED) is 0.260. The van der Waals surface area contributed by atoms with Crippen molar-refractivity contribution in [3.8, 4) is 11.5 Å². The van der Waals surface area contributed by atoms with Gasteiger partial charge in [-0.2, -0.15) is 0 Å². The highest BCUT2D eigenvalue weighted by Crippen LogP contribution is 2.39. The molecule has 1 aliphatic heterocycles. The van der Waals surface area contributed by atoms with Crippen LogP contribution in [0.15, 0.2) is 82.3 Å². The Balaban J connectivity index is 1.35. The van der Waals surface area contributed by atoms with Gasteiger partial charge >= 0.3 is 0 Å². The number of hydrogen-bond donors (Lipinski definition) is 1. The van der Waals surface area contributed by atoms with E-state index in [-0.39, 0.29) is 5.54 Å². The van der Waals surface area contributed by atoms with Crippen LogP contribution in [-0.2, 0) is 0 Å². The Morgan fingerprint density at radius 3 is 2.62 bits per heavy atom. The second-order valence-electron chi connectivity index (χ2n) is 10.4. The first-order valence-electron chi connectivity index (χ1n) is 12.6. The Labute approximate surface area is 227 Å². The summed E-state index contributed by atoms with van der Waals surface area (Å²) in [7, 11) is 0. The largest absolute Gasteiger partial charge is 0.453 e. The Bertz CT molecular complexity index is 1310. The van der Waals surface area contributed by atoms with E-state index in [1.807, 2.05) is 60.8 Å². The van der Waals surface area contributed by atoms with E-state index in [1.165, 1.54) is 5.69 Å². The third-order valence-corrected chi connectivity index (χ3v) is 8.33. The molecule has 2 atom stereocenters. The first kappa shape index (κ1) is 25.7. The maximum atomic E-state index is 6.26. The SMILES string of the molecule is CC1CN(C(C)(C)C)CCC1c1csc(Nc2ncc(Sc3ccccn3)cc2Oc2ccccc2)n1. The number of benzene rings is 1. The summed E-state index contributed by atoms with van der Waals surface area (Å²) in [5.41, 5.74) is 1.37. The number of pyridine rings is 2. The lowest BCUT2D eigenvalue weighted by Gasteiger charge is -2.43. The van der Waals surface area contributed by atoms with Crippen molar-refractivity contribution in [3.63, 3.8) is 0 Å². The molecule has 37 heavy (non-hydrogen) atoms. The predicted octanol–water partition coefficient (Wildman–Crippen LogP) is 7.84. The summed E-state index contributed by atoms with van der Waals surface area (Å²) in [5.74, 6) is 3.07. The second-order valence-corrected chi connectivity index (χ2v) is 12.3. The fraction of sp³-hybridized carbons (Fsp3) is 0.345. The molecule has 5 rings (SSSR count). The van der Waals surface area contributed by atoms with Gasteiger partial charge in [-0.05, 0) is 63.9 Å². The van der Waals surface area contributed by atoms with Crippen LogP contribution in [0, 0.1) is 5.92 Å². The van der Waals surface area contributed by atoms with E-state index < -0.39 is 0 Å². The highest BCUT2D eigenvalue weighted by Gasteiger charge is 2.33. The lowest BCUT2D eigenvalue weighted by atomic mass is 9.83. The number of rotatable bonds is 7. The molecule has 0 radical (unpaired) electrons. The lowest BCUT2D eigenvalue weighted by molar-refractivity contribution is 0.0720. The molecule has 1 fully saturated rings. The van der Waals surface area contributed by atoms with Crippen molar-refractivity contribution in [1.82, 2.24) is 19.9 Å². The Morgan fingerprint density at radius 1 is 1.08 bits per heavy atom. The molecule has 6 nitrogen and oxygen atoms in total. The molecule has 0 saturated carbocycles. The Hall–Kier alpha value is -2.94. The number of thiazole rings is 1. The molecule has 1 N–H and O–H groups in total. The molecule has 4 aromatic rings. The molecular weight excluding hydrogens is 498 g/mol. The van der Waals surface area contributed by atoms with E-state index in [0.717, 1.165) is 40.3 Å². The molecule has 1 aromatic carbocycles. The number of anilines is 2. The third-order valence-electron chi connectivity index (χ3n) is 6.64. The average Bonchev–Trinajstić information content (AvgIpc) is 3.34. The summed E-state index contributed by atoms with van der Waals surface area (Å²) in [6.07, 6.45) is 4.76. The van der Waals surface area contributed by atoms with Gasteiger partial charge in [0.2, 0.25) is 0 Å². The zero-order valence-electron chi connectivity index (χ0n) is 21.7. The Kier molecular flexibility index (Phi) is 7.79. The molecule has 3 aromatic heterocycles. The van der Waals surface area contributed by atoms with E-state index in [0.29, 0.717) is 23.4 Å². The van der Waals surface area contributed by atoms with Crippen molar-refractivity contribution in [3.05, 3.63) is 78.1 Å². The summed E-state index contributed by atoms with van der Waals surface area (Å²) < 4.78 is 6.26. The van der Waals surface area contributed by atoms with Crippen LogP contribution in [-0.4, -0.2) is 38.5 Å². The Morgan fingerprint density at radius 2 is 1.89 bits per heavy atom. The molecular formula is C29H33N5OS2. The maximum Gasteiger partial charge on any atom is 0.188 e. The van der Waals surface area contributed by atoms with E-state index in [9.17, 15) is 0 Å². The standard InChI is InChI=1S/C29H33N5OS2/c1-20-18-34(29(2,3)4)15-13-23(20)24-19-36-28(32-24)33-27-25(35-21-10-6-5-7-11-21)16-22(17-31-27)37-26-12-8-9-14-30-26/h5-12,14,16-17,19-20,23H,13,15,18H2,1-4H3,(H,31,32,33). The van der Waals surface area contributed by atoms with Crippen molar-refractivity contribution in [2.75, 3.05) is 18.4 Å². The lowest BCUT2D eigenvalue weighted by Crippen LogP contribution is -2.48. The molecule has 0 aliphatic carbocycles. The smallest absolute Gasteiger partial charge is 0.188 e. The minimum atomic E-state index is 0.204. The van der Waals surface area contributed by atoms with Crippen molar-refractivity contribution < 1.29 is 4.74 Å². The molecule has 0 spiro atoms. The van der Waals surface area contributed by atoms with Crippen LogP contribution in [0.2, 0.25) is 0 Å². The van der Waals surface area contributed by atoms with Crippen LogP contribution in [0.5, 0.6) is 11.5 Å². The molecule has 4 heterocycles. The van der Waals surface area contributed by atoms with E-state index in [1.54, 1.807) is 29.3 Å². The number of para-hydroxylation sites is 1. The fourth-order valence-electron chi connectivity index (χ4n) is 4.61. The number of hydrogen-bond acceptors (Lipinski definition) is 8. The monoisotopic (exact) mass is 531 g/mol.